The first-order valence-corrected chi connectivity index (χ1v) is 5.61. The van der Waals surface area contributed by atoms with E-state index in [0.717, 1.165) is 24.4 Å². The monoisotopic (exact) mass is 239 g/mol. The summed E-state index contributed by atoms with van der Waals surface area (Å²) in [6.45, 7) is 2.84. The third-order valence-electron chi connectivity index (χ3n) is 2.42. The van der Waals surface area contributed by atoms with E-state index < -0.39 is 0 Å². The first-order chi connectivity index (χ1) is 7.68. The van der Waals surface area contributed by atoms with Crippen molar-refractivity contribution in [3.8, 4) is 0 Å². The molecule has 5 nitrogen and oxygen atoms in total. The smallest absolute Gasteiger partial charge is 0.203 e. The summed E-state index contributed by atoms with van der Waals surface area (Å²) in [5.74, 6) is 0.831. The van der Waals surface area contributed by atoms with Gasteiger partial charge in [-0.25, -0.2) is 4.98 Å². The van der Waals surface area contributed by atoms with Crippen LogP contribution in [0.15, 0.2) is 18.7 Å². The van der Waals surface area contributed by atoms with Gasteiger partial charge in [0.15, 0.2) is 5.82 Å². The lowest BCUT2D eigenvalue weighted by Crippen LogP contribution is -2.22. The minimum absolute atomic E-state index is 0.167. The Morgan fingerprint density at radius 3 is 3.12 bits per heavy atom. The van der Waals surface area contributed by atoms with Crippen LogP contribution >= 0.6 is 11.6 Å². The number of hydrogen-bond acceptors (Lipinski definition) is 4. The number of anilines is 1. The van der Waals surface area contributed by atoms with Gasteiger partial charge >= 0.3 is 0 Å². The van der Waals surface area contributed by atoms with Gasteiger partial charge in [0.25, 0.3) is 0 Å². The van der Waals surface area contributed by atoms with E-state index in [9.17, 15) is 0 Å². The summed E-state index contributed by atoms with van der Waals surface area (Å²) in [4.78, 5) is 6.36. The first-order valence-electron chi connectivity index (χ1n) is 5.18. The highest BCUT2D eigenvalue weighted by Crippen LogP contribution is 2.15. The van der Waals surface area contributed by atoms with E-state index in [1.807, 2.05) is 29.5 Å². The van der Waals surface area contributed by atoms with E-state index in [0.29, 0.717) is 0 Å². The molecule has 86 valence electrons. The second kappa shape index (κ2) is 4.65. The topological polar surface area (TPSA) is 46.3 Å². The van der Waals surface area contributed by atoms with E-state index in [4.69, 9.17) is 11.6 Å². The third kappa shape index (κ3) is 2.24. The van der Waals surface area contributed by atoms with Crippen molar-refractivity contribution < 1.29 is 0 Å². The second-order valence-electron chi connectivity index (χ2n) is 3.80. The first kappa shape index (κ1) is 11.1. The van der Waals surface area contributed by atoms with Crippen molar-refractivity contribution in [3.05, 3.63) is 18.7 Å². The number of alkyl halides is 1. The van der Waals surface area contributed by atoms with Crippen molar-refractivity contribution in [1.82, 2.24) is 19.6 Å². The predicted molar refractivity (Wildman–Crippen MR) is 64.0 cm³/mol. The minimum atomic E-state index is 0.167. The highest BCUT2D eigenvalue weighted by Gasteiger charge is 2.10. The van der Waals surface area contributed by atoms with E-state index >= 15 is 0 Å². The van der Waals surface area contributed by atoms with Crippen molar-refractivity contribution in [1.29, 1.82) is 0 Å². The van der Waals surface area contributed by atoms with Crippen LogP contribution < -0.4 is 4.90 Å². The summed E-state index contributed by atoms with van der Waals surface area (Å²) in [5.41, 5.74) is 0.771. The number of rotatable bonds is 4. The Balaban J connectivity index is 2.22. The molecule has 0 amide bonds. The van der Waals surface area contributed by atoms with Crippen molar-refractivity contribution >= 4 is 23.1 Å². The van der Waals surface area contributed by atoms with Gasteiger partial charge in [-0.3, -0.25) is 4.40 Å². The maximum absolute atomic E-state index is 5.93. The molecule has 1 atom stereocenters. The zero-order valence-electron chi connectivity index (χ0n) is 9.34. The van der Waals surface area contributed by atoms with Gasteiger partial charge in [-0.1, -0.05) is 0 Å². The average molecular weight is 240 g/mol. The molecule has 2 heterocycles. The zero-order chi connectivity index (χ0) is 11.5. The molecule has 0 aliphatic carbocycles. The van der Waals surface area contributed by atoms with Crippen molar-refractivity contribution in [2.24, 2.45) is 0 Å². The molecule has 6 heteroatoms. The van der Waals surface area contributed by atoms with Crippen LogP contribution in [0.25, 0.3) is 5.65 Å². The highest BCUT2D eigenvalue weighted by molar-refractivity contribution is 6.20. The third-order valence-corrected chi connectivity index (χ3v) is 2.64. The molecule has 0 spiro atoms. The van der Waals surface area contributed by atoms with Crippen LogP contribution in [0.3, 0.4) is 0 Å². The predicted octanol–water partition coefficient (Wildman–Crippen LogP) is 1.58. The molecule has 2 aromatic rings. The Labute approximate surface area is 99.1 Å². The standard InChI is InChI=1S/C10H14ClN5/c1-8(11)3-5-15(2)9-10-14-13-7-16(10)6-4-12-9/h4,6-8H,3,5H2,1-2H3. The number of halogens is 1. The van der Waals surface area contributed by atoms with Gasteiger partial charge in [-0.15, -0.1) is 21.8 Å². The number of fused-ring (bicyclic) bond motifs is 1. The molecule has 1 unspecified atom stereocenters. The van der Waals surface area contributed by atoms with Crippen molar-refractivity contribution in [2.75, 3.05) is 18.5 Å². The molecule has 0 radical (unpaired) electrons. The fraction of sp³-hybridized carbons (Fsp3) is 0.500. The summed E-state index contributed by atoms with van der Waals surface area (Å²) < 4.78 is 1.85. The van der Waals surface area contributed by atoms with Crippen LogP contribution in [0.4, 0.5) is 5.82 Å². The number of nitrogens with zero attached hydrogens (tertiary/aromatic N) is 5. The van der Waals surface area contributed by atoms with Crippen LogP contribution in [0.5, 0.6) is 0 Å². The summed E-state index contributed by atoms with van der Waals surface area (Å²) in [6, 6.07) is 0. The van der Waals surface area contributed by atoms with Gasteiger partial charge in [-0.2, -0.15) is 0 Å². The number of hydrogen-bond donors (Lipinski definition) is 0. The molecular weight excluding hydrogens is 226 g/mol. The molecule has 2 aromatic heterocycles. The molecule has 2 rings (SSSR count). The van der Waals surface area contributed by atoms with Crippen molar-refractivity contribution in [3.63, 3.8) is 0 Å². The molecular formula is C10H14ClN5. The lowest BCUT2D eigenvalue weighted by Gasteiger charge is -2.18. The fourth-order valence-corrected chi connectivity index (χ4v) is 1.59. The Morgan fingerprint density at radius 2 is 2.38 bits per heavy atom. The Kier molecular flexibility index (Phi) is 3.24. The molecule has 16 heavy (non-hydrogen) atoms. The second-order valence-corrected chi connectivity index (χ2v) is 4.55. The molecule has 0 N–H and O–H groups in total. The lowest BCUT2D eigenvalue weighted by molar-refractivity contribution is 0.765. The average Bonchev–Trinajstić information content (AvgIpc) is 2.73. The van der Waals surface area contributed by atoms with E-state index in [1.54, 1.807) is 12.5 Å². The molecule has 0 aromatic carbocycles. The lowest BCUT2D eigenvalue weighted by atomic mass is 10.3. The quantitative estimate of drug-likeness (QED) is 0.760. The van der Waals surface area contributed by atoms with E-state index in [2.05, 4.69) is 15.2 Å². The fourth-order valence-electron chi connectivity index (χ4n) is 1.49. The summed E-state index contributed by atoms with van der Waals surface area (Å²) in [5, 5.41) is 8.07. The summed E-state index contributed by atoms with van der Waals surface area (Å²) >= 11 is 5.93. The minimum Gasteiger partial charge on any atom is -0.356 e. The molecule has 0 saturated carbocycles. The van der Waals surface area contributed by atoms with Crippen LogP contribution in [0, 0.1) is 0 Å². The van der Waals surface area contributed by atoms with Crippen LogP contribution in [0.2, 0.25) is 0 Å². The summed E-state index contributed by atoms with van der Waals surface area (Å²) in [7, 11) is 1.98. The van der Waals surface area contributed by atoms with Crippen LogP contribution in [-0.4, -0.2) is 38.6 Å². The normalized spacial score (nSPS) is 12.9. The number of aromatic nitrogens is 4. The molecule has 0 saturated heterocycles. The van der Waals surface area contributed by atoms with Gasteiger partial charge in [0.05, 0.1) is 0 Å². The van der Waals surface area contributed by atoms with Gasteiger partial charge in [0, 0.05) is 31.4 Å². The van der Waals surface area contributed by atoms with Gasteiger partial charge < -0.3 is 4.90 Å². The molecule has 0 bridgehead atoms. The van der Waals surface area contributed by atoms with Gasteiger partial charge in [-0.05, 0) is 13.3 Å². The van der Waals surface area contributed by atoms with E-state index in [1.165, 1.54) is 0 Å². The van der Waals surface area contributed by atoms with Crippen molar-refractivity contribution in [2.45, 2.75) is 18.7 Å². The maximum Gasteiger partial charge on any atom is 0.203 e. The highest BCUT2D eigenvalue weighted by atomic mass is 35.5. The van der Waals surface area contributed by atoms with Crippen LogP contribution in [-0.2, 0) is 0 Å². The Hall–Kier alpha value is -1.36. The SMILES string of the molecule is CC(Cl)CCN(C)c1nccn2cnnc12. The van der Waals surface area contributed by atoms with Gasteiger partial charge in [0.2, 0.25) is 5.65 Å². The largest absolute Gasteiger partial charge is 0.356 e. The van der Waals surface area contributed by atoms with Crippen LogP contribution in [0.1, 0.15) is 13.3 Å². The zero-order valence-corrected chi connectivity index (χ0v) is 10.1. The Morgan fingerprint density at radius 1 is 1.56 bits per heavy atom. The molecule has 0 aliphatic rings. The molecule has 0 aliphatic heterocycles. The van der Waals surface area contributed by atoms with Gasteiger partial charge in [0.1, 0.15) is 6.33 Å². The maximum atomic E-state index is 5.93. The Bertz CT molecular complexity index is 467. The molecule has 0 fully saturated rings. The van der Waals surface area contributed by atoms with E-state index in [-0.39, 0.29) is 5.38 Å². The summed E-state index contributed by atoms with van der Waals surface area (Å²) in [6.07, 6.45) is 6.15.